The summed E-state index contributed by atoms with van der Waals surface area (Å²) in [5.74, 6) is -0.138. The van der Waals surface area contributed by atoms with Crippen LogP contribution in [-0.2, 0) is 16.0 Å². The first kappa shape index (κ1) is 17.6. The van der Waals surface area contributed by atoms with Gasteiger partial charge in [0.05, 0.1) is 6.42 Å². The molecule has 0 atom stereocenters. The predicted octanol–water partition coefficient (Wildman–Crippen LogP) is 2.86. The number of piperidine rings is 1. The van der Waals surface area contributed by atoms with E-state index >= 15 is 0 Å². The number of carbonyl (C=O) groups excluding carboxylic acids is 1. The molecule has 2 N–H and O–H groups in total. The summed E-state index contributed by atoms with van der Waals surface area (Å²) in [6, 6.07) is 18.2. The molecule has 0 saturated carbocycles. The highest BCUT2D eigenvalue weighted by Crippen LogP contribution is 2.24. The molecule has 0 radical (unpaired) electrons. The van der Waals surface area contributed by atoms with Crippen molar-refractivity contribution in [3.63, 3.8) is 0 Å². The molecule has 0 aromatic heterocycles. The Kier molecular flexibility index (Phi) is 6.20. The van der Waals surface area contributed by atoms with E-state index in [0.717, 1.165) is 49.2 Å². The van der Waals surface area contributed by atoms with Crippen molar-refractivity contribution in [3.05, 3.63) is 60.2 Å². The first-order valence-corrected chi connectivity index (χ1v) is 9.01. The Morgan fingerprint density at radius 1 is 1.04 bits per heavy atom. The third kappa shape index (κ3) is 4.91. The summed E-state index contributed by atoms with van der Waals surface area (Å²) in [6.07, 6.45) is 2.14. The van der Waals surface area contributed by atoms with Crippen LogP contribution in [-0.4, -0.2) is 43.2 Å². The van der Waals surface area contributed by atoms with Crippen molar-refractivity contribution in [3.8, 4) is 11.1 Å². The van der Waals surface area contributed by atoms with Crippen LogP contribution >= 0.6 is 0 Å². The molecular weight excluding hydrogens is 312 g/mol. The van der Waals surface area contributed by atoms with E-state index in [1.807, 2.05) is 36.4 Å². The number of rotatable bonds is 6. The molecule has 3 rings (SSSR count). The second kappa shape index (κ2) is 8.79. The first-order valence-electron chi connectivity index (χ1n) is 9.01. The highest BCUT2D eigenvalue weighted by atomic mass is 16.5. The molecule has 2 aromatic rings. The highest BCUT2D eigenvalue weighted by molar-refractivity contribution is 5.78. The van der Waals surface area contributed by atoms with Gasteiger partial charge in [0, 0.05) is 26.2 Å². The van der Waals surface area contributed by atoms with E-state index in [0.29, 0.717) is 13.0 Å². The fraction of sp³-hybridized carbons (Fsp3) is 0.381. The average Bonchev–Trinajstić information content (AvgIpc) is 2.65. The zero-order chi connectivity index (χ0) is 17.5. The monoisotopic (exact) mass is 338 g/mol. The molecule has 2 aromatic carbocycles. The van der Waals surface area contributed by atoms with Crippen LogP contribution in [0.5, 0.6) is 0 Å². The van der Waals surface area contributed by atoms with E-state index in [2.05, 4.69) is 23.1 Å². The van der Waals surface area contributed by atoms with Crippen LogP contribution in [0.25, 0.3) is 11.1 Å². The summed E-state index contributed by atoms with van der Waals surface area (Å²) in [5.41, 5.74) is 8.83. The van der Waals surface area contributed by atoms with E-state index in [1.165, 1.54) is 0 Å². The van der Waals surface area contributed by atoms with E-state index in [9.17, 15) is 4.79 Å². The lowest BCUT2D eigenvalue weighted by Crippen LogP contribution is -2.40. The van der Waals surface area contributed by atoms with Crippen molar-refractivity contribution in [2.24, 2.45) is 5.73 Å². The van der Waals surface area contributed by atoms with Gasteiger partial charge in [-0.15, -0.1) is 0 Å². The molecule has 4 heteroatoms. The molecule has 0 unspecified atom stereocenters. The molecule has 1 aliphatic heterocycles. The maximum Gasteiger partial charge on any atom is 0.310 e. The molecule has 0 amide bonds. The van der Waals surface area contributed by atoms with Crippen molar-refractivity contribution in [1.82, 2.24) is 4.90 Å². The fourth-order valence-corrected chi connectivity index (χ4v) is 3.39. The molecule has 132 valence electrons. The summed E-state index contributed by atoms with van der Waals surface area (Å²) < 4.78 is 5.72. The van der Waals surface area contributed by atoms with Crippen LogP contribution in [0.2, 0.25) is 0 Å². The third-order valence-electron chi connectivity index (χ3n) is 4.71. The van der Waals surface area contributed by atoms with Gasteiger partial charge in [-0.2, -0.15) is 0 Å². The number of hydrogen-bond donors (Lipinski definition) is 1. The molecule has 0 bridgehead atoms. The molecule has 25 heavy (non-hydrogen) atoms. The van der Waals surface area contributed by atoms with Gasteiger partial charge in [0.25, 0.3) is 0 Å². The Hall–Kier alpha value is -2.17. The minimum absolute atomic E-state index is 0.0328. The molecule has 1 heterocycles. The molecule has 1 fully saturated rings. The quantitative estimate of drug-likeness (QED) is 0.823. The molecule has 1 saturated heterocycles. The Morgan fingerprint density at radius 3 is 2.44 bits per heavy atom. The van der Waals surface area contributed by atoms with Gasteiger partial charge in [-0.25, -0.2) is 0 Å². The van der Waals surface area contributed by atoms with Crippen molar-refractivity contribution >= 4 is 5.97 Å². The number of carbonyl (C=O) groups is 1. The number of hydrogen-bond acceptors (Lipinski definition) is 4. The Labute approximate surface area is 149 Å². The lowest BCUT2D eigenvalue weighted by Gasteiger charge is -2.31. The number of nitrogens with two attached hydrogens (primary N) is 1. The van der Waals surface area contributed by atoms with Crippen LogP contribution in [0.15, 0.2) is 54.6 Å². The smallest absolute Gasteiger partial charge is 0.310 e. The van der Waals surface area contributed by atoms with Crippen molar-refractivity contribution in [2.75, 3.05) is 26.2 Å². The molecular formula is C21H26N2O2. The maximum atomic E-state index is 12.4. The van der Waals surface area contributed by atoms with E-state index in [4.69, 9.17) is 10.5 Å². The van der Waals surface area contributed by atoms with Gasteiger partial charge < -0.3 is 15.4 Å². The van der Waals surface area contributed by atoms with Crippen molar-refractivity contribution < 1.29 is 9.53 Å². The third-order valence-corrected chi connectivity index (χ3v) is 4.71. The normalized spacial score (nSPS) is 15.9. The van der Waals surface area contributed by atoms with Gasteiger partial charge in [0.1, 0.15) is 6.10 Å². The number of likely N-dealkylation sites (tertiary alicyclic amines) is 1. The van der Waals surface area contributed by atoms with Crippen LogP contribution in [0, 0.1) is 0 Å². The summed E-state index contributed by atoms with van der Waals surface area (Å²) in [5, 5.41) is 0. The molecule has 1 aliphatic rings. The molecule has 0 aliphatic carbocycles. The number of benzene rings is 2. The topological polar surface area (TPSA) is 55.6 Å². The predicted molar refractivity (Wildman–Crippen MR) is 100 cm³/mol. The lowest BCUT2D eigenvalue weighted by atomic mass is 9.98. The number of nitrogens with zero attached hydrogens (tertiary/aromatic N) is 1. The van der Waals surface area contributed by atoms with Crippen molar-refractivity contribution in [2.45, 2.75) is 25.4 Å². The minimum Gasteiger partial charge on any atom is -0.462 e. The fourth-order valence-electron chi connectivity index (χ4n) is 3.39. The zero-order valence-electron chi connectivity index (χ0n) is 14.6. The standard InChI is InChI=1S/C21H26N2O2/c22-12-15-23-13-10-19(11-14-23)25-21(24)16-18-8-4-5-9-20(18)17-6-2-1-3-7-17/h1-9,19H,10-16,22H2. The average molecular weight is 338 g/mol. The summed E-state index contributed by atoms with van der Waals surface area (Å²) >= 11 is 0. The van der Waals surface area contributed by atoms with Gasteiger partial charge in [-0.05, 0) is 29.5 Å². The molecule has 4 nitrogen and oxygen atoms in total. The van der Waals surface area contributed by atoms with Gasteiger partial charge in [0.15, 0.2) is 0 Å². The highest BCUT2D eigenvalue weighted by Gasteiger charge is 2.22. The van der Waals surface area contributed by atoms with E-state index < -0.39 is 0 Å². The Bertz CT molecular complexity index is 679. The minimum atomic E-state index is -0.138. The van der Waals surface area contributed by atoms with Crippen LogP contribution < -0.4 is 5.73 Å². The van der Waals surface area contributed by atoms with Gasteiger partial charge >= 0.3 is 5.97 Å². The van der Waals surface area contributed by atoms with Crippen LogP contribution in [0.3, 0.4) is 0 Å². The van der Waals surface area contributed by atoms with Crippen LogP contribution in [0.1, 0.15) is 18.4 Å². The Balaban J connectivity index is 1.59. The second-order valence-electron chi connectivity index (χ2n) is 6.52. The first-order chi connectivity index (χ1) is 12.3. The largest absolute Gasteiger partial charge is 0.462 e. The Morgan fingerprint density at radius 2 is 1.72 bits per heavy atom. The summed E-state index contributed by atoms with van der Waals surface area (Å²) in [4.78, 5) is 14.7. The summed E-state index contributed by atoms with van der Waals surface area (Å²) in [6.45, 7) is 3.51. The van der Waals surface area contributed by atoms with Crippen molar-refractivity contribution in [1.29, 1.82) is 0 Å². The van der Waals surface area contributed by atoms with E-state index in [-0.39, 0.29) is 12.1 Å². The van der Waals surface area contributed by atoms with Gasteiger partial charge in [0.2, 0.25) is 0 Å². The number of ether oxygens (including phenoxy) is 1. The lowest BCUT2D eigenvalue weighted by molar-refractivity contribution is -0.150. The number of esters is 1. The summed E-state index contributed by atoms with van der Waals surface area (Å²) in [7, 11) is 0. The maximum absolute atomic E-state index is 12.4. The zero-order valence-corrected chi connectivity index (χ0v) is 14.6. The van der Waals surface area contributed by atoms with E-state index in [1.54, 1.807) is 0 Å². The van der Waals surface area contributed by atoms with Gasteiger partial charge in [-0.3, -0.25) is 4.79 Å². The van der Waals surface area contributed by atoms with Crippen LogP contribution in [0.4, 0.5) is 0 Å². The second-order valence-corrected chi connectivity index (χ2v) is 6.52. The van der Waals surface area contributed by atoms with Gasteiger partial charge in [-0.1, -0.05) is 54.6 Å². The molecule has 0 spiro atoms. The SMILES string of the molecule is NCCN1CCC(OC(=O)Cc2ccccc2-c2ccccc2)CC1.